The predicted molar refractivity (Wildman–Crippen MR) is 130 cm³/mol. The van der Waals surface area contributed by atoms with E-state index in [0.29, 0.717) is 5.69 Å². The SMILES string of the molecule is CCSc1ccc(NC(=O)/C(C#N)=C/c2ccc3c(c2)c2ccccc2n3CC)cc1. The van der Waals surface area contributed by atoms with Crippen molar-refractivity contribution in [2.45, 2.75) is 25.3 Å². The van der Waals surface area contributed by atoms with Crippen LogP contribution in [0.2, 0.25) is 0 Å². The highest BCUT2D eigenvalue weighted by molar-refractivity contribution is 7.99. The number of amides is 1. The number of carbonyl (C=O) groups is 1. The van der Waals surface area contributed by atoms with Gasteiger partial charge in [0.1, 0.15) is 11.6 Å². The molecule has 1 N–H and O–H groups in total. The maximum absolute atomic E-state index is 12.7. The molecule has 0 aliphatic heterocycles. The molecule has 1 amide bonds. The first-order chi connectivity index (χ1) is 15.1. The lowest BCUT2D eigenvalue weighted by Crippen LogP contribution is -2.13. The number of benzene rings is 3. The van der Waals surface area contributed by atoms with E-state index in [9.17, 15) is 10.1 Å². The molecule has 0 fully saturated rings. The smallest absolute Gasteiger partial charge is 0.266 e. The quantitative estimate of drug-likeness (QED) is 0.219. The van der Waals surface area contributed by atoms with E-state index in [1.54, 1.807) is 17.8 Å². The Balaban J connectivity index is 1.64. The number of fused-ring (bicyclic) bond motifs is 3. The molecule has 1 heterocycles. The Morgan fingerprint density at radius 3 is 2.48 bits per heavy atom. The largest absolute Gasteiger partial charge is 0.341 e. The third-order valence-corrected chi connectivity index (χ3v) is 6.11. The summed E-state index contributed by atoms with van der Waals surface area (Å²) in [6.45, 7) is 5.10. The van der Waals surface area contributed by atoms with Crippen LogP contribution in [0, 0.1) is 11.3 Å². The summed E-state index contributed by atoms with van der Waals surface area (Å²) < 4.78 is 2.27. The highest BCUT2D eigenvalue weighted by Crippen LogP contribution is 2.30. The van der Waals surface area contributed by atoms with Gasteiger partial charge in [-0.1, -0.05) is 31.2 Å². The molecule has 0 radical (unpaired) electrons. The van der Waals surface area contributed by atoms with Crippen LogP contribution in [0.3, 0.4) is 0 Å². The van der Waals surface area contributed by atoms with Crippen LogP contribution in [-0.2, 0) is 11.3 Å². The Labute approximate surface area is 186 Å². The van der Waals surface area contributed by atoms with Crippen LogP contribution >= 0.6 is 11.8 Å². The molecular formula is C26H23N3OS. The maximum atomic E-state index is 12.7. The third kappa shape index (κ3) is 4.21. The van der Waals surface area contributed by atoms with E-state index in [1.807, 2.05) is 54.6 Å². The summed E-state index contributed by atoms with van der Waals surface area (Å²) in [5.41, 5.74) is 3.91. The fourth-order valence-corrected chi connectivity index (χ4v) is 4.48. The third-order valence-electron chi connectivity index (χ3n) is 5.21. The molecule has 0 aliphatic rings. The summed E-state index contributed by atoms with van der Waals surface area (Å²) >= 11 is 1.74. The second-order valence-corrected chi connectivity index (χ2v) is 8.46. The number of para-hydroxylation sites is 1. The molecule has 31 heavy (non-hydrogen) atoms. The number of nitrogens with zero attached hydrogens (tertiary/aromatic N) is 2. The van der Waals surface area contributed by atoms with E-state index < -0.39 is 5.91 Å². The molecule has 0 saturated heterocycles. The van der Waals surface area contributed by atoms with E-state index in [4.69, 9.17) is 0 Å². The van der Waals surface area contributed by atoms with E-state index >= 15 is 0 Å². The number of aromatic nitrogens is 1. The molecule has 1 aromatic heterocycles. The summed E-state index contributed by atoms with van der Waals surface area (Å²) in [6.07, 6.45) is 1.65. The first-order valence-corrected chi connectivity index (χ1v) is 11.3. The number of carbonyl (C=O) groups excluding carboxylic acids is 1. The molecule has 4 aromatic rings. The molecular weight excluding hydrogens is 402 g/mol. The van der Waals surface area contributed by atoms with Crippen molar-refractivity contribution in [3.63, 3.8) is 0 Å². The van der Waals surface area contributed by atoms with Crippen LogP contribution in [0.25, 0.3) is 27.9 Å². The molecule has 0 aliphatic carbocycles. The van der Waals surface area contributed by atoms with Crippen molar-refractivity contribution in [1.29, 1.82) is 5.26 Å². The fourth-order valence-electron chi connectivity index (χ4n) is 3.82. The molecule has 5 heteroatoms. The van der Waals surface area contributed by atoms with Crippen LogP contribution in [0.15, 0.2) is 77.2 Å². The number of aryl methyl sites for hydroxylation is 1. The molecule has 0 saturated carbocycles. The lowest BCUT2D eigenvalue weighted by atomic mass is 10.1. The molecule has 3 aromatic carbocycles. The average molecular weight is 426 g/mol. The second-order valence-electron chi connectivity index (χ2n) is 7.12. The van der Waals surface area contributed by atoms with Crippen LogP contribution in [0.4, 0.5) is 5.69 Å². The Morgan fingerprint density at radius 1 is 1.03 bits per heavy atom. The van der Waals surface area contributed by atoms with Gasteiger partial charge in [-0.3, -0.25) is 4.79 Å². The van der Waals surface area contributed by atoms with Gasteiger partial charge in [0.2, 0.25) is 0 Å². The highest BCUT2D eigenvalue weighted by Gasteiger charge is 2.12. The van der Waals surface area contributed by atoms with Gasteiger partial charge in [-0.15, -0.1) is 11.8 Å². The number of anilines is 1. The molecule has 0 atom stereocenters. The van der Waals surface area contributed by atoms with Crippen molar-refractivity contribution >= 4 is 51.2 Å². The predicted octanol–water partition coefficient (Wildman–Crippen LogP) is 6.47. The van der Waals surface area contributed by atoms with Crippen LogP contribution in [-0.4, -0.2) is 16.2 Å². The topological polar surface area (TPSA) is 57.8 Å². The van der Waals surface area contributed by atoms with Crippen molar-refractivity contribution < 1.29 is 4.79 Å². The van der Waals surface area contributed by atoms with Crippen LogP contribution in [0.1, 0.15) is 19.4 Å². The number of nitrogens with one attached hydrogen (secondary N) is 1. The first kappa shape index (κ1) is 20.8. The van der Waals surface area contributed by atoms with Crippen molar-refractivity contribution in [3.8, 4) is 6.07 Å². The minimum atomic E-state index is -0.408. The van der Waals surface area contributed by atoms with Crippen molar-refractivity contribution in [3.05, 3.63) is 77.9 Å². The van der Waals surface area contributed by atoms with Gasteiger partial charge in [-0.05, 0) is 66.8 Å². The van der Waals surface area contributed by atoms with E-state index in [1.165, 1.54) is 10.9 Å². The molecule has 0 spiro atoms. The zero-order chi connectivity index (χ0) is 21.8. The summed E-state index contributed by atoms with van der Waals surface area (Å²) in [7, 11) is 0. The normalized spacial score (nSPS) is 11.6. The second kappa shape index (κ2) is 9.11. The molecule has 0 bridgehead atoms. The first-order valence-electron chi connectivity index (χ1n) is 10.3. The van der Waals surface area contributed by atoms with Gasteiger partial charge in [0.15, 0.2) is 0 Å². The fraction of sp³-hybridized carbons (Fsp3) is 0.154. The minimum Gasteiger partial charge on any atom is -0.341 e. The highest BCUT2D eigenvalue weighted by atomic mass is 32.2. The van der Waals surface area contributed by atoms with Gasteiger partial charge >= 0.3 is 0 Å². The van der Waals surface area contributed by atoms with Crippen LogP contribution < -0.4 is 5.32 Å². The molecule has 4 nitrogen and oxygen atoms in total. The van der Waals surface area contributed by atoms with Gasteiger partial charge < -0.3 is 9.88 Å². The average Bonchev–Trinajstić information content (AvgIpc) is 3.12. The molecule has 154 valence electrons. The van der Waals surface area contributed by atoms with E-state index in [2.05, 4.69) is 41.9 Å². The number of hydrogen-bond donors (Lipinski definition) is 1. The number of rotatable bonds is 6. The summed E-state index contributed by atoms with van der Waals surface area (Å²) in [5, 5.41) is 14.7. The Morgan fingerprint density at radius 2 is 1.77 bits per heavy atom. The van der Waals surface area contributed by atoms with Crippen LogP contribution in [0.5, 0.6) is 0 Å². The van der Waals surface area contributed by atoms with Crippen molar-refractivity contribution in [2.75, 3.05) is 11.1 Å². The van der Waals surface area contributed by atoms with Gasteiger partial charge in [-0.25, -0.2) is 0 Å². The van der Waals surface area contributed by atoms with Gasteiger partial charge in [0, 0.05) is 38.9 Å². The van der Waals surface area contributed by atoms with Crippen molar-refractivity contribution in [1.82, 2.24) is 4.57 Å². The monoisotopic (exact) mass is 425 g/mol. The number of nitriles is 1. The Bertz CT molecular complexity index is 1330. The molecule has 4 rings (SSSR count). The van der Waals surface area contributed by atoms with Gasteiger partial charge in [0.05, 0.1) is 0 Å². The van der Waals surface area contributed by atoms with Crippen molar-refractivity contribution in [2.24, 2.45) is 0 Å². The van der Waals surface area contributed by atoms with Gasteiger partial charge in [0.25, 0.3) is 5.91 Å². The van der Waals surface area contributed by atoms with Gasteiger partial charge in [-0.2, -0.15) is 5.26 Å². The summed E-state index contributed by atoms with van der Waals surface area (Å²) in [4.78, 5) is 13.8. The molecule has 0 unspecified atom stereocenters. The standard InChI is InChI=1S/C26H23N3OS/c1-3-29-24-8-6-5-7-22(24)23-16-18(9-14-25(23)29)15-19(17-27)26(30)28-20-10-12-21(13-11-20)31-4-2/h5-16H,3-4H2,1-2H3,(H,28,30)/b19-15+. The lowest BCUT2D eigenvalue weighted by molar-refractivity contribution is -0.112. The maximum Gasteiger partial charge on any atom is 0.266 e. The van der Waals surface area contributed by atoms with E-state index in [0.717, 1.165) is 33.7 Å². The number of hydrogen-bond acceptors (Lipinski definition) is 3. The van der Waals surface area contributed by atoms with E-state index in [-0.39, 0.29) is 5.57 Å². The summed E-state index contributed by atoms with van der Waals surface area (Å²) in [6, 6.07) is 24.1. The summed E-state index contributed by atoms with van der Waals surface area (Å²) in [5.74, 6) is 0.586. The Kier molecular flexibility index (Phi) is 6.11. The number of thioether (sulfide) groups is 1. The Hall–Kier alpha value is -3.49. The lowest BCUT2D eigenvalue weighted by Gasteiger charge is -2.06. The zero-order valence-electron chi connectivity index (χ0n) is 17.6. The minimum absolute atomic E-state index is 0.0746. The zero-order valence-corrected chi connectivity index (χ0v) is 18.4.